The van der Waals surface area contributed by atoms with Gasteiger partial charge >= 0.3 is 0 Å². The minimum absolute atomic E-state index is 0.0278. The number of hydrogen-bond acceptors (Lipinski definition) is 4. The van der Waals surface area contributed by atoms with Crippen LogP contribution in [0.3, 0.4) is 0 Å². The molecule has 1 amide bonds. The maximum absolute atomic E-state index is 14.4. The van der Waals surface area contributed by atoms with Gasteiger partial charge in [0.25, 0.3) is 11.5 Å². The lowest BCUT2D eigenvalue weighted by atomic mass is 9.97. The molecular weight excluding hydrogens is 325 g/mol. The first-order valence-electron chi connectivity index (χ1n) is 8.02. The predicted molar refractivity (Wildman–Crippen MR) is 88.9 cm³/mol. The highest BCUT2D eigenvalue weighted by Gasteiger charge is 2.36. The highest BCUT2D eigenvalue weighted by atomic mass is 19.1. The van der Waals surface area contributed by atoms with Crippen molar-refractivity contribution in [1.29, 1.82) is 0 Å². The van der Waals surface area contributed by atoms with Gasteiger partial charge in [-0.05, 0) is 12.0 Å². The third kappa shape index (κ3) is 2.79. The van der Waals surface area contributed by atoms with Crippen molar-refractivity contribution in [2.45, 2.75) is 12.6 Å². The number of fused-ring (bicyclic) bond motifs is 1. The zero-order chi connectivity index (χ0) is 17.4. The first-order valence-corrected chi connectivity index (χ1v) is 8.02. The van der Waals surface area contributed by atoms with Crippen LogP contribution < -0.4 is 5.56 Å². The first-order chi connectivity index (χ1) is 12.1. The van der Waals surface area contributed by atoms with Gasteiger partial charge < -0.3 is 9.88 Å². The molecule has 2 aromatic heterocycles. The lowest BCUT2D eigenvalue weighted by Gasteiger charge is -2.15. The molecule has 2 atom stereocenters. The Balaban J connectivity index is 1.55. The number of nitrogens with zero attached hydrogens (tertiary/aromatic N) is 3. The Labute approximate surface area is 141 Å². The van der Waals surface area contributed by atoms with Crippen LogP contribution in [-0.2, 0) is 6.42 Å². The first kappa shape index (κ1) is 15.5. The van der Waals surface area contributed by atoms with E-state index in [0.29, 0.717) is 13.0 Å². The lowest BCUT2D eigenvalue weighted by Crippen LogP contribution is -2.30. The molecule has 25 heavy (non-hydrogen) atoms. The number of carbonyl (C=O) groups excluding carboxylic acids is 1. The Kier molecular flexibility index (Phi) is 3.79. The van der Waals surface area contributed by atoms with Crippen molar-refractivity contribution in [2.24, 2.45) is 5.92 Å². The quantitative estimate of drug-likeness (QED) is 0.751. The third-order valence-corrected chi connectivity index (χ3v) is 4.55. The molecule has 0 spiro atoms. The molecule has 1 saturated heterocycles. The van der Waals surface area contributed by atoms with E-state index in [0.717, 1.165) is 5.56 Å². The average Bonchev–Trinajstić information content (AvgIpc) is 3.20. The van der Waals surface area contributed by atoms with Crippen molar-refractivity contribution in [3.63, 3.8) is 0 Å². The smallest absolute Gasteiger partial charge is 0.279 e. The minimum atomic E-state index is -1.09. The number of benzene rings is 1. The van der Waals surface area contributed by atoms with Crippen molar-refractivity contribution >= 4 is 16.9 Å². The van der Waals surface area contributed by atoms with E-state index >= 15 is 0 Å². The SMILES string of the molecule is O=C(c1[nH]nc2c(=O)[nH]cnc12)N1C[C@H](Cc2ccccc2)[C@H](F)C1. The van der Waals surface area contributed by atoms with Gasteiger partial charge in [-0.25, -0.2) is 9.37 Å². The molecule has 128 valence electrons. The van der Waals surface area contributed by atoms with Gasteiger partial charge in [0, 0.05) is 12.5 Å². The Morgan fingerprint density at radius 3 is 2.84 bits per heavy atom. The largest absolute Gasteiger partial charge is 0.334 e. The fourth-order valence-corrected chi connectivity index (χ4v) is 3.26. The number of nitrogens with one attached hydrogen (secondary N) is 2. The molecule has 1 aromatic carbocycles. The summed E-state index contributed by atoms with van der Waals surface area (Å²) in [7, 11) is 0. The molecule has 3 heterocycles. The summed E-state index contributed by atoms with van der Waals surface area (Å²) >= 11 is 0. The number of H-pyrrole nitrogens is 2. The van der Waals surface area contributed by atoms with Gasteiger partial charge in [0.2, 0.25) is 0 Å². The number of hydrogen-bond donors (Lipinski definition) is 2. The summed E-state index contributed by atoms with van der Waals surface area (Å²) in [6.07, 6.45) is 0.708. The van der Waals surface area contributed by atoms with Gasteiger partial charge in [-0.15, -0.1) is 0 Å². The van der Waals surface area contributed by atoms with Crippen LogP contribution in [0.1, 0.15) is 16.1 Å². The summed E-state index contributed by atoms with van der Waals surface area (Å²) in [5, 5.41) is 6.41. The standard InChI is InChI=1S/C17H16FN5O2/c18-12-8-23(7-11(12)6-10-4-2-1-3-5-10)17(25)15-13-14(21-22-15)16(24)20-9-19-13/h1-5,9,11-12H,6-8H2,(H,21,22)(H,19,20,24)/t11-,12+/m0/s1. The molecule has 3 aromatic rings. The zero-order valence-electron chi connectivity index (χ0n) is 13.3. The van der Waals surface area contributed by atoms with E-state index in [1.165, 1.54) is 11.2 Å². The summed E-state index contributed by atoms with van der Waals surface area (Å²) in [4.78, 5) is 32.3. The van der Waals surface area contributed by atoms with Gasteiger partial charge in [-0.1, -0.05) is 30.3 Å². The highest BCUT2D eigenvalue weighted by Crippen LogP contribution is 2.26. The molecule has 7 nitrogen and oxygen atoms in total. The van der Waals surface area contributed by atoms with Crippen LogP contribution >= 0.6 is 0 Å². The van der Waals surface area contributed by atoms with Crippen molar-refractivity contribution in [2.75, 3.05) is 13.1 Å². The van der Waals surface area contributed by atoms with E-state index in [2.05, 4.69) is 20.2 Å². The minimum Gasteiger partial charge on any atom is -0.334 e. The number of rotatable bonds is 3. The van der Waals surface area contributed by atoms with Crippen LogP contribution in [0.4, 0.5) is 4.39 Å². The van der Waals surface area contributed by atoms with Gasteiger partial charge in [0.15, 0.2) is 5.52 Å². The van der Waals surface area contributed by atoms with Crippen LogP contribution in [0.15, 0.2) is 41.5 Å². The van der Waals surface area contributed by atoms with E-state index in [9.17, 15) is 14.0 Å². The summed E-state index contributed by atoms with van der Waals surface area (Å²) in [6.45, 7) is 0.346. The summed E-state index contributed by atoms with van der Waals surface area (Å²) in [5.41, 5.74) is 1.02. The van der Waals surface area contributed by atoms with E-state index in [1.54, 1.807) is 0 Å². The molecule has 0 unspecified atom stereocenters. The van der Waals surface area contributed by atoms with Gasteiger partial charge in [-0.2, -0.15) is 5.10 Å². The number of alkyl halides is 1. The number of aromatic nitrogens is 4. The Bertz CT molecular complexity index is 968. The zero-order valence-corrected chi connectivity index (χ0v) is 13.3. The number of halogens is 1. The highest BCUT2D eigenvalue weighted by molar-refractivity contribution is 6.02. The maximum Gasteiger partial charge on any atom is 0.279 e. The Morgan fingerprint density at radius 2 is 2.04 bits per heavy atom. The molecule has 0 saturated carbocycles. The fraction of sp³-hybridized carbons (Fsp3) is 0.294. The molecule has 4 rings (SSSR count). The van der Waals surface area contributed by atoms with Gasteiger partial charge in [0.05, 0.1) is 12.9 Å². The van der Waals surface area contributed by atoms with Gasteiger partial charge in [-0.3, -0.25) is 14.7 Å². The Morgan fingerprint density at radius 1 is 1.24 bits per heavy atom. The van der Waals surface area contributed by atoms with E-state index in [1.807, 2.05) is 30.3 Å². The molecule has 2 N–H and O–H groups in total. The van der Waals surface area contributed by atoms with Crippen LogP contribution in [0.25, 0.3) is 11.0 Å². The second-order valence-electron chi connectivity index (χ2n) is 6.20. The second-order valence-corrected chi connectivity index (χ2v) is 6.20. The van der Waals surface area contributed by atoms with Crippen molar-refractivity contribution in [3.05, 3.63) is 58.3 Å². The normalized spacial score (nSPS) is 20.3. The summed E-state index contributed by atoms with van der Waals surface area (Å²) in [5.74, 6) is -0.643. The molecule has 0 radical (unpaired) electrons. The average molecular weight is 341 g/mol. The van der Waals surface area contributed by atoms with Crippen LogP contribution in [0, 0.1) is 5.92 Å². The number of aromatic amines is 2. The maximum atomic E-state index is 14.4. The van der Waals surface area contributed by atoms with E-state index in [4.69, 9.17) is 0 Å². The molecule has 1 fully saturated rings. The van der Waals surface area contributed by atoms with Crippen LogP contribution in [0.2, 0.25) is 0 Å². The molecule has 0 aliphatic carbocycles. The number of amides is 1. The Hall–Kier alpha value is -3.03. The summed E-state index contributed by atoms with van der Waals surface area (Å²) < 4.78 is 14.4. The molecule has 0 bridgehead atoms. The lowest BCUT2D eigenvalue weighted by molar-refractivity contribution is 0.0776. The molecule has 1 aliphatic heterocycles. The van der Waals surface area contributed by atoms with Crippen LogP contribution in [-0.4, -0.2) is 50.2 Å². The molecule has 8 heteroatoms. The van der Waals surface area contributed by atoms with Crippen molar-refractivity contribution in [1.82, 2.24) is 25.1 Å². The van der Waals surface area contributed by atoms with Crippen molar-refractivity contribution in [3.8, 4) is 0 Å². The van der Waals surface area contributed by atoms with Gasteiger partial charge in [0.1, 0.15) is 17.4 Å². The van der Waals surface area contributed by atoms with Crippen LogP contribution in [0.5, 0.6) is 0 Å². The second kappa shape index (κ2) is 6.12. The number of carbonyl (C=O) groups is 1. The molecular formula is C17H16FN5O2. The van der Waals surface area contributed by atoms with E-state index in [-0.39, 0.29) is 35.1 Å². The fourth-order valence-electron chi connectivity index (χ4n) is 3.26. The monoisotopic (exact) mass is 341 g/mol. The van der Waals surface area contributed by atoms with E-state index < -0.39 is 11.7 Å². The summed E-state index contributed by atoms with van der Waals surface area (Å²) in [6, 6.07) is 9.66. The third-order valence-electron chi connectivity index (χ3n) is 4.55. The number of likely N-dealkylation sites (tertiary alicyclic amines) is 1. The predicted octanol–water partition coefficient (Wildman–Crippen LogP) is 1.30. The topological polar surface area (TPSA) is 94.7 Å². The molecule has 1 aliphatic rings. The van der Waals surface area contributed by atoms with Crippen molar-refractivity contribution < 1.29 is 9.18 Å².